The monoisotopic (exact) mass is 469 g/mol. The van der Waals surface area contributed by atoms with Crippen molar-refractivity contribution in [2.45, 2.75) is 38.2 Å². The van der Waals surface area contributed by atoms with Gasteiger partial charge < -0.3 is 24.4 Å². The maximum Gasteiger partial charge on any atom is 0.308 e. The minimum absolute atomic E-state index is 0. The maximum atomic E-state index is 11.7. The molecule has 0 atom stereocenters. The SMILES string of the molecule is CCNC(=NCC1(OC)CCOCC1)N1CCC(C(=O)OC)CC1.I. The fourth-order valence-corrected chi connectivity index (χ4v) is 3.31. The highest BCUT2D eigenvalue weighted by molar-refractivity contribution is 14.0. The zero-order chi connectivity index (χ0) is 17.4. The van der Waals surface area contributed by atoms with Gasteiger partial charge in [-0.2, -0.15) is 0 Å². The lowest BCUT2D eigenvalue weighted by atomic mass is 9.94. The quantitative estimate of drug-likeness (QED) is 0.286. The van der Waals surface area contributed by atoms with Crippen molar-refractivity contribution >= 4 is 35.9 Å². The van der Waals surface area contributed by atoms with Crippen molar-refractivity contribution < 1.29 is 19.0 Å². The van der Waals surface area contributed by atoms with Gasteiger partial charge in [0.05, 0.1) is 25.2 Å². The second-order valence-corrected chi connectivity index (χ2v) is 6.45. The van der Waals surface area contributed by atoms with Crippen LogP contribution in [0.5, 0.6) is 0 Å². The number of carbonyl (C=O) groups is 1. The summed E-state index contributed by atoms with van der Waals surface area (Å²) in [6, 6.07) is 0. The lowest BCUT2D eigenvalue weighted by Crippen LogP contribution is -2.48. The summed E-state index contributed by atoms with van der Waals surface area (Å²) in [6.45, 7) is 6.60. The predicted molar refractivity (Wildman–Crippen MR) is 107 cm³/mol. The van der Waals surface area contributed by atoms with E-state index < -0.39 is 0 Å². The number of guanidine groups is 1. The third-order valence-corrected chi connectivity index (χ3v) is 5.02. The van der Waals surface area contributed by atoms with Gasteiger partial charge >= 0.3 is 5.97 Å². The first-order chi connectivity index (χ1) is 11.6. The second kappa shape index (κ2) is 11.2. The molecule has 2 aliphatic rings. The summed E-state index contributed by atoms with van der Waals surface area (Å²) >= 11 is 0. The van der Waals surface area contributed by atoms with Crippen molar-refractivity contribution in [2.24, 2.45) is 10.9 Å². The highest BCUT2D eigenvalue weighted by atomic mass is 127. The zero-order valence-electron chi connectivity index (χ0n) is 15.6. The number of halogens is 1. The number of esters is 1. The van der Waals surface area contributed by atoms with Crippen LogP contribution in [0.25, 0.3) is 0 Å². The Bertz CT molecular complexity index is 434. The van der Waals surface area contributed by atoms with Gasteiger partial charge in [0.25, 0.3) is 0 Å². The van der Waals surface area contributed by atoms with Crippen LogP contribution >= 0.6 is 24.0 Å². The number of hydrogen-bond donors (Lipinski definition) is 1. The molecule has 7 nitrogen and oxygen atoms in total. The number of methoxy groups -OCH3 is 2. The van der Waals surface area contributed by atoms with Crippen LogP contribution in [-0.2, 0) is 19.0 Å². The Morgan fingerprint density at radius 2 is 1.92 bits per heavy atom. The van der Waals surface area contributed by atoms with Gasteiger partial charge in [0, 0.05) is 52.8 Å². The Labute approximate surface area is 167 Å². The van der Waals surface area contributed by atoms with Gasteiger partial charge in [-0.15, -0.1) is 24.0 Å². The number of nitrogens with one attached hydrogen (secondary N) is 1. The molecular formula is C17H32IN3O4. The summed E-state index contributed by atoms with van der Waals surface area (Å²) < 4.78 is 16.1. The molecule has 2 aliphatic heterocycles. The number of piperidine rings is 1. The van der Waals surface area contributed by atoms with Crippen LogP contribution in [0.15, 0.2) is 4.99 Å². The van der Waals surface area contributed by atoms with Gasteiger partial charge in [-0.25, -0.2) is 0 Å². The van der Waals surface area contributed by atoms with Crippen molar-refractivity contribution in [3.63, 3.8) is 0 Å². The highest BCUT2D eigenvalue weighted by Gasteiger charge is 2.33. The molecule has 0 aromatic carbocycles. The minimum atomic E-state index is -0.219. The molecule has 146 valence electrons. The molecule has 0 unspecified atom stereocenters. The number of carbonyl (C=O) groups excluding carboxylic acids is 1. The van der Waals surface area contributed by atoms with E-state index in [0.29, 0.717) is 6.54 Å². The average Bonchev–Trinajstić information content (AvgIpc) is 2.65. The summed E-state index contributed by atoms with van der Waals surface area (Å²) in [4.78, 5) is 18.7. The minimum Gasteiger partial charge on any atom is -0.469 e. The molecule has 0 aromatic heterocycles. The van der Waals surface area contributed by atoms with E-state index in [0.717, 1.165) is 64.5 Å². The molecule has 25 heavy (non-hydrogen) atoms. The fourth-order valence-electron chi connectivity index (χ4n) is 3.31. The molecule has 0 aliphatic carbocycles. The summed E-state index contributed by atoms with van der Waals surface area (Å²) in [5.74, 6) is 0.816. The van der Waals surface area contributed by atoms with Gasteiger partial charge in [-0.3, -0.25) is 9.79 Å². The summed E-state index contributed by atoms with van der Waals surface area (Å²) in [6.07, 6.45) is 3.36. The molecule has 2 rings (SSSR count). The normalized spacial score (nSPS) is 21.4. The summed E-state index contributed by atoms with van der Waals surface area (Å²) in [5, 5.41) is 3.36. The van der Waals surface area contributed by atoms with E-state index in [1.807, 2.05) is 0 Å². The number of ether oxygens (including phenoxy) is 3. The molecule has 0 spiro atoms. The standard InChI is InChI=1S/C17H31N3O4.HI/c1-4-18-16(19-13-17(23-3)7-11-24-12-8-17)20-9-5-14(6-10-20)15(21)22-2;/h14H,4-13H2,1-3H3,(H,18,19);1H. The Hall–Kier alpha value is -0.610. The highest BCUT2D eigenvalue weighted by Crippen LogP contribution is 2.25. The van der Waals surface area contributed by atoms with E-state index in [4.69, 9.17) is 19.2 Å². The van der Waals surface area contributed by atoms with Crippen molar-refractivity contribution in [1.82, 2.24) is 10.2 Å². The Kier molecular flexibility index (Phi) is 10.0. The molecule has 2 saturated heterocycles. The first-order valence-corrected chi connectivity index (χ1v) is 8.88. The Balaban J connectivity index is 0.00000312. The predicted octanol–water partition coefficient (Wildman–Crippen LogP) is 1.65. The first-order valence-electron chi connectivity index (χ1n) is 8.88. The number of nitrogens with zero attached hydrogens (tertiary/aromatic N) is 2. The van der Waals surface area contributed by atoms with E-state index in [1.165, 1.54) is 7.11 Å². The Morgan fingerprint density at radius 3 is 2.44 bits per heavy atom. The summed E-state index contributed by atoms with van der Waals surface area (Å²) in [7, 11) is 3.22. The lowest BCUT2D eigenvalue weighted by Gasteiger charge is -2.36. The van der Waals surface area contributed by atoms with Crippen molar-refractivity contribution in [2.75, 3.05) is 53.6 Å². The van der Waals surface area contributed by atoms with Gasteiger partial charge in [0.2, 0.25) is 0 Å². The molecule has 0 amide bonds. The van der Waals surface area contributed by atoms with Crippen molar-refractivity contribution in [1.29, 1.82) is 0 Å². The third-order valence-electron chi connectivity index (χ3n) is 5.02. The number of rotatable bonds is 5. The van der Waals surface area contributed by atoms with Gasteiger partial charge in [-0.05, 0) is 19.8 Å². The van der Waals surface area contributed by atoms with Crippen LogP contribution in [0, 0.1) is 5.92 Å². The van der Waals surface area contributed by atoms with Crippen LogP contribution in [0.4, 0.5) is 0 Å². The van der Waals surface area contributed by atoms with E-state index in [9.17, 15) is 4.79 Å². The molecule has 0 bridgehead atoms. The summed E-state index contributed by atoms with van der Waals surface area (Å²) in [5.41, 5.74) is -0.219. The molecular weight excluding hydrogens is 437 g/mol. The van der Waals surface area contributed by atoms with Gasteiger partial charge in [0.15, 0.2) is 5.96 Å². The smallest absolute Gasteiger partial charge is 0.308 e. The number of likely N-dealkylation sites (tertiary alicyclic amines) is 1. The Morgan fingerprint density at radius 1 is 1.28 bits per heavy atom. The largest absolute Gasteiger partial charge is 0.469 e. The lowest BCUT2D eigenvalue weighted by molar-refractivity contribution is -0.146. The van der Waals surface area contributed by atoms with Gasteiger partial charge in [-0.1, -0.05) is 0 Å². The maximum absolute atomic E-state index is 11.7. The molecule has 0 saturated carbocycles. The van der Waals surface area contributed by atoms with E-state index >= 15 is 0 Å². The fraction of sp³-hybridized carbons (Fsp3) is 0.882. The zero-order valence-corrected chi connectivity index (χ0v) is 17.9. The van der Waals surface area contributed by atoms with Crippen LogP contribution in [0.3, 0.4) is 0 Å². The molecule has 0 aromatic rings. The second-order valence-electron chi connectivity index (χ2n) is 6.45. The number of aliphatic imine (C=N–C) groups is 1. The van der Waals surface area contributed by atoms with E-state index in [2.05, 4.69) is 17.1 Å². The van der Waals surface area contributed by atoms with Crippen LogP contribution in [-0.4, -0.2) is 76.0 Å². The average molecular weight is 469 g/mol. The van der Waals surface area contributed by atoms with Crippen LogP contribution in [0.1, 0.15) is 32.6 Å². The molecule has 1 N–H and O–H groups in total. The molecule has 2 fully saturated rings. The van der Waals surface area contributed by atoms with Crippen LogP contribution in [0.2, 0.25) is 0 Å². The van der Waals surface area contributed by atoms with E-state index in [1.54, 1.807) is 7.11 Å². The van der Waals surface area contributed by atoms with Crippen LogP contribution < -0.4 is 5.32 Å². The molecule has 2 heterocycles. The van der Waals surface area contributed by atoms with E-state index in [-0.39, 0.29) is 41.5 Å². The van der Waals surface area contributed by atoms with Crippen molar-refractivity contribution in [3.05, 3.63) is 0 Å². The molecule has 8 heteroatoms. The number of hydrogen-bond acceptors (Lipinski definition) is 5. The topological polar surface area (TPSA) is 72.4 Å². The van der Waals surface area contributed by atoms with Gasteiger partial charge in [0.1, 0.15) is 0 Å². The molecule has 0 radical (unpaired) electrons. The third kappa shape index (κ3) is 6.25. The van der Waals surface area contributed by atoms with Crippen molar-refractivity contribution in [3.8, 4) is 0 Å². The first kappa shape index (κ1) is 22.4.